The van der Waals surface area contributed by atoms with E-state index in [9.17, 15) is 22.7 Å². The van der Waals surface area contributed by atoms with E-state index in [1.165, 1.54) is 30.5 Å². The first kappa shape index (κ1) is 31.7. The predicted octanol–water partition coefficient (Wildman–Crippen LogP) is 6.95. The lowest BCUT2D eigenvalue weighted by molar-refractivity contribution is -0.161. The molecule has 43 heavy (non-hydrogen) atoms. The summed E-state index contributed by atoms with van der Waals surface area (Å²) in [5.74, 6) is -1.59. The molecular formula is C33H36FN3O5S. The van der Waals surface area contributed by atoms with Crippen molar-refractivity contribution >= 4 is 21.7 Å². The van der Waals surface area contributed by atoms with Gasteiger partial charge < -0.3 is 9.84 Å². The number of aliphatic hydroxyl groups is 1. The molecular weight excluding hydrogens is 569 g/mol. The highest BCUT2D eigenvalue weighted by atomic mass is 32.2. The van der Waals surface area contributed by atoms with Crippen molar-refractivity contribution in [1.29, 1.82) is 5.26 Å². The van der Waals surface area contributed by atoms with Crippen LogP contribution in [0.25, 0.3) is 0 Å². The maximum Gasteiger partial charge on any atom is 0.338 e. The van der Waals surface area contributed by atoms with Gasteiger partial charge in [0, 0.05) is 24.2 Å². The van der Waals surface area contributed by atoms with E-state index < -0.39 is 32.9 Å². The smallest absolute Gasteiger partial charge is 0.338 e. The Hall–Kier alpha value is -4.23. The third-order valence-corrected chi connectivity index (χ3v) is 8.88. The summed E-state index contributed by atoms with van der Waals surface area (Å²) in [4.78, 5) is 17.6. The molecule has 2 N–H and O–H groups in total. The number of hydrogen-bond donors (Lipinski definition) is 2. The number of esters is 1. The Morgan fingerprint density at radius 3 is 2.44 bits per heavy atom. The van der Waals surface area contributed by atoms with Gasteiger partial charge in [-0.3, -0.25) is 4.72 Å². The summed E-state index contributed by atoms with van der Waals surface area (Å²) < 4.78 is 48.1. The van der Waals surface area contributed by atoms with Crippen LogP contribution in [0.5, 0.6) is 0 Å². The third kappa shape index (κ3) is 7.41. The van der Waals surface area contributed by atoms with Crippen molar-refractivity contribution < 1.29 is 27.4 Å². The first-order chi connectivity index (χ1) is 20.3. The lowest BCUT2D eigenvalue weighted by Crippen LogP contribution is -2.43. The lowest BCUT2D eigenvalue weighted by Gasteiger charge is -2.41. The van der Waals surface area contributed by atoms with Crippen LogP contribution in [0.4, 0.5) is 10.1 Å². The van der Waals surface area contributed by atoms with Crippen molar-refractivity contribution in [3.05, 3.63) is 101 Å². The molecule has 2 heterocycles. The minimum Gasteiger partial charge on any atom is -0.512 e. The lowest BCUT2D eigenvalue weighted by atomic mass is 9.70. The second-order valence-electron chi connectivity index (χ2n) is 12.0. The highest BCUT2D eigenvalue weighted by Gasteiger charge is 2.46. The topological polar surface area (TPSA) is 129 Å². The molecule has 0 saturated carbocycles. The van der Waals surface area contributed by atoms with E-state index in [0.29, 0.717) is 24.8 Å². The van der Waals surface area contributed by atoms with E-state index in [4.69, 9.17) is 10.00 Å². The van der Waals surface area contributed by atoms with Gasteiger partial charge in [-0.15, -0.1) is 0 Å². The Morgan fingerprint density at radius 2 is 1.86 bits per heavy atom. The van der Waals surface area contributed by atoms with Gasteiger partial charge in [0.15, 0.2) is 5.03 Å². The van der Waals surface area contributed by atoms with Crippen LogP contribution in [-0.2, 0) is 26.0 Å². The summed E-state index contributed by atoms with van der Waals surface area (Å²) in [5, 5.41) is 20.2. The van der Waals surface area contributed by atoms with Crippen LogP contribution >= 0.6 is 0 Å². The van der Waals surface area contributed by atoms with Crippen LogP contribution < -0.4 is 4.72 Å². The largest absolute Gasteiger partial charge is 0.512 e. The number of nitrogens with one attached hydrogen (secondary N) is 1. The Balaban J connectivity index is 1.65. The van der Waals surface area contributed by atoms with Gasteiger partial charge >= 0.3 is 5.97 Å². The number of aliphatic hydroxyl groups excluding tert-OH is 1. The van der Waals surface area contributed by atoms with Crippen LogP contribution in [0.1, 0.15) is 76.0 Å². The van der Waals surface area contributed by atoms with Gasteiger partial charge in [-0.05, 0) is 72.2 Å². The Labute approximate surface area is 252 Å². The fourth-order valence-corrected chi connectivity index (χ4v) is 6.65. The molecule has 4 rings (SSSR count). The van der Waals surface area contributed by atoms with Gasteiger partial charge in [0.25, 0.3) is 10.0 Å². The number of ether oxygens (including phenoxy) is 1. The normalized spacial score (nSPS) is 18.1. The van der Waals surface area contributed by atoms with Gasteiger partial charge in [0.2, 0.25) is 0 Å². The number of nitriles is 1. The number of nitrogens with zero attached hydrogens (tertiary/aromatic N) is 2. The number of benzene rings is 2. The second-order valence-corrected chi connectivity index (χ2v) is 13.6. The van der Waals surface area contributed by atoms with Gasteiger partial charge in [-0.25, -0.2) is 14.2 Å². The van der Waals surface area contributed by atoms with Crippen molar-refractivity contribution in [1.82, 2.24) is 4.98 Å². The van der Waals surface area contributed by atoms with Crippen molar-refractivity contribution in [2.75, 3.05) is 4.72 Å². The SMILES string of the molecule is CCC[C@@]1(CCc2ccc(F)cc2)CC(O)=C([C@@H](c2cccc(NS(=O)(=O)c3ccc(C#N)cn3)c2)C(C)(C)C)C(=O)O1. The molecule has 0 aliphatic carbocycles. The van der Waals surface area contributed by atoms with Crippen LogP contribution in [0.3, 0.4) is 0 Å². The summed E-state index contributed by atoms with van der Waals surface area (Å²) in [6.07, 6.45) is 3.64. The van der Waals surface area contributed by atoms with Crippen molar-refractivity contribution in [3.8, 4) is 6.07 Å². The standard InChI is InChI=1S/C33H36FN3O5S/c1-5-16-33(17-15-22-9-12-25(34)13-10-22)19-27(38)29(31(39)42-33)30(32(2,3)4)24-7-6-8-26(18-24)37-43(40,41)28-14-11-23(20-35)21-36-28/h6-14,18,21,30,37-38H,5,15-17,19H2,1-4H3/t30-,33-/m1/s1. The maximum absolute atomic E-state index is 13.7. The molecule has 0 bridgehead atoms. The molecule has 0 amide bonds. The second kappa shape index (κ2) is 12.6. The highest BCUT2D eigenvalue weighted by Crippen LogP contribution is 2.47. The van der Waals surface area contributed by atoms with E-state index in [2.05, 4.69) is 9.71 Å². The number of pyridine rings is 1. The summed E-state index contributed by atoms with van der Waals surface area (Å²) in [6.45, 7) is 7.79. The molecule has 0 unspecified atom stereocenters. The van der Waals surface area contributed by atoms with Crippen molar-refractivity contribution in [2.45, 2.75) is 76.3 Å². The fourth-order valence-electron chi connectivity index (χ4n) is 5.67. The highest BCUT2D eigenvalue weighted by molar-refractivity contribution is 7.92. The molecule has 1 aromatic heterocycles. The van der Waals surface area contributed by atoms with E-state index in [-0.39, 0.29) is 39.8 Å². The number of rotatable bonds is 10. The van der Waals surface area contributed by atoms with Crippen molar-refractivity contribution in [2.24, 2.45) is 5.41 Å². The van der Waals surface area contributed by atoms with Crippen molar-refractivity contribution in [3.63, 3.8) is 0 Å². The monoisotopic (exact) mass is 605 g/mol. The summed E-state index contributed by atoms with van der Waals surface area (Å²) in [6, 6.07) is 17.4. The fraction of sp³-hybridized carbons (Fsp3) is 0.364. The number of cyclic esters (lactones) is 1. The van der Waals surface area contributed by atoms with E-state index >= 15 is 0 Å². The van der Waals surface area contributed by atoms with Crippen LogP contribution in [-0.4, -0.2) is 30.1 Å². The average Bonchev–Trinajstić information content (AvgIpc) is 2.94. The number of carbonyl (C=O) groups excluding carboxylic acids is 1. The summed E-state index contributed by atoms with van der Waals surface area (Å²) >= 11 is 0. The molecule has 0 radical (unpaired) electrons. The predicted molar refractivity (Wildman–Crippen MR) is 161 cm³/mol. The average molecular weight is 606 g/mol. The molecule has 8 nitrogen and oxygen atoms in total. The van der Waals surface area contributed by atoms with Crippen LogP contribution in [0.2, 0.25) is 0 Å². The van der Waals surface area contributed by atoms with Crippen LogP contribution in [0, 0.1) is 22.6 Å². The van der Waals surface area contributed by atoms with Gasteiger partial charge in [0.1, 0.15) is 23.2 Å². The Bertz CT molecular complexity index is 1660. The zero-order valence-electron chi connectivity index (χ0n) is 24.7. The quantitative estimate of drug-likeness (QED) is 0.239. The minimum atomic E-state index is -4.06. The van der Waals surface area contributed by atoms with Gasteiger partial charge in [0.05, 0.1) is 11.1 Å². The minimum absolute atomic E-state index is 0.0449. The van der Waals surface area contributed by atoms with E-state index in [1.54, 1.807) is 36.4 Å². The summed E-state index contributed by atoms with van der Waals surface area (Å²) in [5.41, 5.74) is 0.699. The molecule has 226 valence electrons. The zero-order chi connectivity index (χ0) is 31.4. The number of sulfonamides is 1. The molecule has 2 atom stereocenters. The first-order valence-electron chi connectivity index (χ1n) is 14.2. The van der Waals surface area contributed by atoms with E-state index in [1.807, 2.05) is 33.8 Å². The number of anilines is 1. The zero-order valence-corrected chi connectivity index (χ0v) is 25.5. The first-order valence-corrected chi connectivity index (χ1v) is 15.6. The number of aromatic nitrogens is 1. The molecule has 1 aliphatic heterocycles. The molecule has 2 aromatic carbocycles. The Kier molecular flexibility index (Phi) is 9.26. The number of hydrogen-bond acceptors (Lipinski definition) is 7. The molecule has 3 aromatic rings. The maximum atomic E-state index is 13.7. The molecule has 0 spiro atoms. The molecule has 0 saturated heterocycles. The molecule has 10 heteroatoms. The number of carbonyl (C=O) groups is 1. The Morgan fingerprint density at radius 1 is 1.14 bits per heavy atom. The number of aryl methyl sites for hydroxylation is 1. The third-order valence-electron chi connectivity index (χ3n) is 7.59. The molecule has 0 fully saturated rings. The number of halogens is 1. The molecule has 1 aliphatic rings. The van der Waals surface area contributed by atoms with Gasteiger partial charge in [-0.2, -0.15) is 13.7 Å². The summed E-state index contributed by atoms with van der Waals surface area (Å²) in [7, 11) is -4.06. The van der Waals surface area contributed by atoms with E-state index in [0.717, 1.165) is 12.0 Å². The van der Waals surface area contributed by atoms with Gasteiger partial charge in [-0.1, -0.05) is 58.4 Å². The van der Waals surface area contributed by atoms with Crippen LogP contribution in [0.15, 0.2) is 83.2 Å².